The van der Waals surface area contributed by atoms with Crippen molar-refractivity contribution >= 4 is 11.9 Å². The summed E-state index contributed by atoms with van der Waals surface area (Å²) in [7, 11) is 0. The second-order valence-electron chi connectivity index (χ2n) is 6.67. The highest BCUT2D eigenvalue weighted by Gasteiger charge is 2.25. The van der Waals surface area contributed by atoms with Crippen LogP contribution in [0, 0.1) is 5.41 Å². The molecule has 0 aromatic carbocycles. The van der Waals surface area contributed by atoms with Crippen LogP contribution in [-0.4, -0.2) is 61.2 Å². The molecule has 140 valence electrons. The van der Waals surface area contributed by atoms with Gasteiger partial charge in [0.1, 0.15) is 6.54 Å². The first-order valence-corrected chi connectivity index (χ1v) is 9.51. The van der Waals surface area contributed by atoms with Crippen LogP contribution in [0.25, 0.3) is 0 Å². The van der Waals surface area contributed by atoms with E-state index in [2.05, 4.69) is 29.5 Å². The molecule has 3 N–H and O–H groups in total. The standard InChI is InChI=1S/C18H36N4O2/c1-4-18(5-2,10-13-23)15-21-17(19-6-3)20-14-16(24)22-11-8-7-9-12-22/h23H,4-15H2,1-3H3,(H2,19,20,21). The van der Waals surface area contributed by atoms with Crippen molar-refractivity contribution in [1.82, 2.24) is 15.5 Å². The Morgan fingerprint density at radius 1 is 1.12 bits per heavy atom. The van der Waals surface area contributed by atoms with Crippen LogP contribution in [0.5, 0.6) is 0 Å². The predicted octanol–water partition coefficient (Wildman–Crippen LogP) is 1.74. The molecular weight excluding hydrogens is 304 g/mol. The molecule has 1 amide bonds. The van der Waals surface area contributed by atoms with E-state index in [0.717, 1.165) is 58.3 Å². The van der Waals surface area contributed by atoms with Crippen molar-refractivity contribution in [3.05, 3.63) is 0 Å². The molecule has 1 aliphatic heterocycles. The lowest BCUT2D eigenvalue weighted by molar-refractivity contribution is -0.130. The number of aliphatic hydroxyl groups excluding tert-OH is 1. The van der Waals surface area contributed by atoms with E-state index in [4.69, 9.17) is 0 Å². The topological polar surface area (TPSA) is 77.0 Å². The molecule has 1 aliphatic rings. The number of hydrogen-bond donors (Lipinski definition) is 3. The third-order valence-corrected chi connectivity index (χ3v) is 5.20. The average Bonchev–Trinajstić information content (AvgIpc) is 2.63. The van der Waals surface area contributed by atoms with Gasteiger partial charge < -0.3 is 20.6 Å². The fourth-order valence-corrected chi connectivity index (χ4v) is 3.18. The number of rotatable bonds is 9. The normalized spacial score (nSPS) is 16.2. The molecule has 6 heteroatoms. The molecule has 1 fully saturated rings. The van der Waals surface area contributed by atoms with Crippen molar-refractivity contribution in [3.8, 4) is 0 Å². The minimum absolute atomic E-state index is 0.0713. The van der Waals surface area contributed by atoms with Crippen LogP contribution >= 0.6 is 0 Å². The summed E-state index contributed by atoms with van der Waals surface area (Å²) in [5.74, 6) is 0.798. The number of carbonyl (C=O) groups excluding carboxylic acids is 1. The molecule has 24 heavy (non-hydrogen) atoms. The average molecular weight is 341 g/mol. The Kier molecular flexibility index (Phi) is 9.76. The number of hydrogen-bond acceptors (Lipinski definition) is 3. The highest BCUT2D eigenvalue weighted by molar-refractivity contribution is 5.85. The summed E-state index contributed by atoms with van der Waals surface area (Å²) in [5, 5.41) is 15.9. The molecule has 0 atom stereocenters. The van der Waals surface area contributed by atoms with Gasteiger partial charge in [-0.3, -0.25) is 4.79 Å². The number of nitrogens with zero attached hydrogens (tertiary/aromatic N) is 2. The van der Waals surface area contributed by atoms with Gasteiger partial charge in [0.05, 0.1) is 0 Å². The van der Waals surface area contributed by atoms with Gasteiger partial charge in [-0.2, -0.15) is 0 Å². The van der Waals surface area contributed by atoms with Crippen LogP contribution in [0.3, 0.4) is 0 Å². The first-order chi connectivity index (χ1) is 11.6. The van der Waals surface area contributed by atoms with Crippen molar-refractivity contribution < 1.29 is 9.90 Å². The van der Waals surface area contributed by atoms with Crippen LogP contribution in [0.15, 0.2) is 4.99 Å². The summed E-state index contributed by atoms with van der Waals surface area (Å²) in [6.07, 6.45) is 6.21. The lowest BCUT2D eigenvalue weighted by Gasteiger charge is -2.32. The monoisotopic (exact) mass is 340 g/mol. The number of nitrogens with one attached hydrogen (secondary N) is 2. The van der Waals surface area contributed by atoms with E-state index in [-0.39, 0.29) is 24.5 Å². The van der Waals surface area contributed by atoms with E-state index in [0.29, 0.717) is 5.96 Å². The lowest BCUT2D eigenvalue weighted by Crippen LogP contribution is -2.44. The molecule has 0 bridgehead atoms. The van der Waals surface area contributed by atoms with Crippen molar-refractivity contribution in [2.75, 3.05) is 39.3 Å². The smallest absolute Gasteiger partial charge is 0.244 e. The Balaban J connectivity index is 2.59. The third-order valence-electron chi connectivity index (χ3n) is 5.20. The van der Waals surface area contributed by atoms with Crippen LogP contribution < -0.4 is 10.6 Å². The molecule has 1 heterocycles. The second kappa shape index (κ2) is 11.3. The fourth-order valence-electron chi connectivity index (χ4n) is 3.18. The fraction of sp³-hybridized carbons (Fsp3) is 0.889. The molecule has 0 aromatic heterocycles. The Hall–Kier alpha value is -1.30. The van der Waals surface area contributed by atoms with Crippen molar-refractivity contribution in [2.24, 2.45) is 10.4 Å². The third kappa shape index (κ3) is 6.67. The maximum Gasteiger partial charge on any atom is 0.244 e. The van der Waals surface area contributed by atoms with E-state index in [9.17, 15) is 9.90 Å². The second-order valence-corrected chi connectivity index (χ2v) is 6.67. The number of piperidine rings is 1. The predicted molar refractivity (Wildman–Crippen MR) is 99.1 cm³/mol. The van der Waals surface area contributed by atoms with Gasteiger partial charge in [0.25, 0.3) is 0 Å². The zero-order valence-corrected chi connectivity index (χ0v) is 15.7. The van der Waals surface area contributed by atoms with Crippen molar-refractivity contribution in [2.45, 2.75) is 59.3 Å². The summed E-state index contributed by atoms with van der Waals surface area (Å²) >= 11 is 0. The molecule has 0 unspecified atom stereocenters. The van der Waals surface area contributed by atoms with Crippen LogP contribution in [-0.2, 0) is 4.79 Å². The van der Waals surface area contributed by atoms with Gasteiger partial charge in [0.15, 0.2) is 5.96 Å². The lowest BCUT2D eigenvalue weighted by atomic mass is 9.79. The number of amides is 1. The summed E-state index contributed by atoms with van der Waals surface area (Å²) in [4.78, 5) is 18.6. The molecule has 0 aromatic rings. The summed E-state index contributed by atoms with van der Waals surface area (Å²) < 4.78 is 0. The molecule has 0 saturated carbocycles. The molecule has 0 aliphatic carbocycles. The Morgan fingerprint density at radius 2 is 1.79 bits per heavy atom. The summed E-state index contributed by atoms with van der Waals surface area (Å²) in [5.41, 5.74) is 0.0713. The van der Waals surface area contributed by atoms with E-state index in [1.54, 1.807) is 0 Å². The number of aliphatic hydroxyl groups is 1. The summed E-state index contributed by atoms with van der Waals surface area (Å²) in [6.45, 7) is 9.97. The Labute approximate surface area is 147 Å². The van der Waals surface area contributed by atoms with E-state index in [1.807, 2.05) is 11.8 Å². The van der Waals surface area contributed by atoms with E-state index in [1.165, 1.54) is 6.42 Å². The zero-order valence-electron chi connectivity index (χ0n) is 15.7. The number of carbonyl (C=O) groups is 1. The molecule has 1 saturated heterocycles. The largest absolute Gasteiger partial charge is 0.396 e. The van der Waals surface area contributed by atoms with Crippen LogP contribution in [0.2, 0.25) is 0 Å². The molecule has 0 radical (unpaired) electrons. The van der Waals surface area contributed by atoms with E-state index < -0.39 is 0 Å². The Morgan fingerprint density at radius 3 is 2.33 bits per heavy atom. The highest BCUT2D eigenvalue weighted by atomic mass is 16.3. The van der Waals surface area contributed by atoms with Gasteiger partial charge in [0, 0.05) is 32.8 Å². The van der Waals surface area contributed by atoms with Gasteiger partial charge in [-0.25, -0.2) is 4.99 Å². The minimum atomic E-state index is 0.0713. The molecular formula is C18H36N4O2. The number of likely N-dealkylation sites (tertiary alicyclic amines) is 1. The van der Waals surface area contributed by atoms with Crippen molar-refractivity contribution in [3.63, 3.8) is 0 Å². The van der Waals surface area contributed by atoms with Gasteiger partial charge >= 0.3 is 0 Å². The SMILES string of the molecule is CCNC(=NCC(=O)N1CCCCC1)NCC(CC)(CC)CCO. The summed E-state index contributed by atoms with van der Waals surface area (Å²) in [6, 6.07) is 0. The molecule has 1 rings (SSSR count). The van der Waals surface area contributed by atoms with Crippen molar-refractivity contribution in [1.29, 1.82) is 0 Å². The highest BCUT2D eigenvalue weighted by Crippen LogP contribution is 2.29. The molecule has 6 nitrogen and oxygen atoms in total. The van der Waals surface area contributed by atoms with Crippen LogP contribution in [0.4, 0.5) is 0 Å². The number of guanidine groups is 1. The first-order valence-electron chi connectivity index (χ1n) is 9.51. The number of aliphatic imine (C=N–C) groups is 1. The van der Waals surface area contributed by atoms with Gasteiger partial charge in [-0.15, -0.1) is 0 Å². The van der Waals surface area contributed by atoms with Gasteiger partial charge in [-0.1, -0.05) is 13.8 Å². The quantitative estimate of drug-likeness (QED) is 0.441. The minimum Gasteiger partial charge on any atom is -0.396 e. The Bertz CT molecular complexity index is 388. The van der Waals surface area contributed by atoms with Gasteiger partial charge in [0.2, 0.25) is 5.91 Å². The van der Waals surface area contributed by atoms with Crippen LogP contribution in [0.1, 0.15) is 59.3 Å². The maximum absolute atomic E-state index is 12.3. The first kappa shape index (κ1) is 20.7. The molecule has 0 spiro atoms. The van der Waals surface area contributed by atoms with Gasteiger partial charge in [-0.05, 0) is 50.9 Å². The maximum atomic E-state index is 12.3. The zero-order chi connectivity index (χ0) is 17.8. The van der Waals surface area contributed by atoms with E-state index >= 15 is 0 Å².